The van der Waals surface area contributed by atoms with Crippen molar-refractivity contribution in [2.45, 2.75) is 37.3 Å². The van der Waals surface area contributed by atoms with Crippen molar-refractivity contribution in [1.82, 2.24) is 0 Å². The quantitative estimate of drug-likeness (QED) is 0.925. The second-order valence-electron chi connectivity index (χ2n) is 4.76. The molecule has 18 heavy (non-hydrogen) atoms. The average molecular weight is 309 g/mol. The highest BCUT2D eigenvalue weighted by molar-refractivity contribution is 9.10. The second-order valence-corrected chi connectivity index (χ2v) is 5.68. The Morgan fingerprint density at radius 3 is 2.44 bits per heavy atom. The van der Waals surface area contributed by atoms with Crippen LogP contribution < -0.4 is 5.32 Å². The van der Waals surface area contributed by atoms with E-state index in [1.165, 1.54) is 0 Å². The number of ether oxygens (including phenoxy) is 1. The van der Waals surface area contributed by atoms with Gasteiger partial charge in [0.2, 0.25) is 0 Å². The summed E-state index contributed by atoms with van der Waals surface area (Å²) in [5, 5.41) is 12.8. The van der Waals surface area contributed by atoms with Crippen LogP contribution >= 0.6 is 15.9 Å². The maximum absolute atomic E-state index is 9.45. The lowest BCUT2D eigenvalue weighted by molar-refractivity contribution is 0.0612. The molecule has 1 aliphatic carbocycles. The molecule has 0 spiro atoms. The highest BCUT2D eigenvalue weighted by Gasteiger charge is 2.35. The Bertz CT molecular complexity index is 430. The monoisotopic (exact) mass is 308 g/mol. The Balaban J connectivity index is 2.06. The fraction of sp³-hybridized carbons (Fsp3) is 0.500. The lowest BCUT2D eigenvalue weighted by atomic mass is 9.81. The zero-order valence-corrected chi connectivity index (χ0v) is 12.0. The van der Waals surface area contributed by atoms with Crippen LogP contribution in [0, 0.1) is 11.3 Å². The number of nitrogens with one attached hydrogen (secondary N) is 1. The number of halogens is 1. The Kier molecular flexibility index (Phi) is 4.26. The molecule has 1 aromatic rings. The number of nitrogens with zero attached hydrogens (tertiary/aromatic N) is 1. The number of hydrogen-bond acceptors (Lipinski definition) is 3. The van der Waals surface area contributed by atoms with E-state index in [1.54, 1.807) is 7.11 Å². The highest BCUT2D eigenvalue weighted by Crippen LogP contribution is 2.32. The number of hydrogen-bond donors (Lipinski definition) is 1. The average Bonchev–Trinajstić information content (AvgIpc) is 2.42. The van der Waals surface area contributed by atoms with Gasteiger partial charge in [-0.25, -0.2) is 0 Å². The maximum atomic E-state index is 9.45. The van der Waals surface area contributed by atoms with Gasteiger partial charge in [0.1, 0.15) is 5.54 Å². The molecule has 0 saturated heterocycles. The van der Waals surface area contributed by atoms with Crippen LogP contribution in [0.4, 0.5) is 5.69 Å². The molecule has 0 aliphatic heterocycles. The fourth-order valence-electron chi connectivity index (χ4n) is 2.39. The minimum atomic E-state index is -0.442. The van der Waals surface area contributed by atoms with Gasteiger partial charge in [0.05, 0.1) is 12.2 Å². The number of rotatable bonds is 3. The second kappa shape index (κ2) is 5.73. The summed E-state index contributed by atoms with van der Waals surface area (Å²) in [5.74, 6) is 0. The van der Waals surface area contributed by atoms with Gasteiger partial charge in [-0.15, -0.1) is 0 Å². The van der Waals surface area contributed by atoms with Gasteiger partial charge in [0.15, 0.2) is 0 Å². The number of methoxy groups -OCH3 is 1. The lowest BCUT2D eigenvalue weighted by Gasteiger charge is -2.35. The van der Waals surface area contributed by atoms with Gasteiger partial charge in [-0.1, -0.05) is 15.9 Å². The largest absolute Gasteiger partial charge is 0.381 e. The lowest BCUT2D eigenvalue weighted by Crippen LogP contribution is -2.42. The van der Waals surface area contributed by atoms with Crippen molar-refractivity contribution in [3.8, 4) is 6.07 Å². The molecule has 3 nitrogen and oxygen atoms in total. The molecule has 1 aromatic carbocycles. The van der Waals surface area contributed by atoms with E-state index in [9.17, 15) is 5.26 Å². The molecular weight excluding hydrogens is 292 g/mol. The number of nitriles is 1. The molecule has 96 valence electrons. The molecule has 0 aromatic heterocycles. The first-order valence-corrected chi connectivity index (χ1v) is 6.94. The van der Waals surface area contributed by atoms with Gasteiger partial charge in [0, 0.05) is 17.3 Å². The molecule has 0 atom stereocenters. The van der Waals surface area contributed by atoms with E-state index in [2.05, 4.69) is 27.3 Å². The van der Waals surface area contributed by atoms with Crippen molar-refractivity contribution < 1.29 is 4.74 Å². The van der Waals surface area contributed by atoms with E-state index in [-0.39, 0.29) is 0 Å². The molecule has 1 fully saturated rings. The summed E-state index contributed by atoms with van der Waals surface area (Å²) >= 11 is 3.41. The molecule has 0 amide bonds. The summed E-state index contributed by atoms with van der Waals surface area (Å²) in [6, 6.07) is 10.4. The smallest absolute Gasteiger partial charge is 0.125 e. The van der Waals surface area contributed by atoms with E-state index in [0.29, 0.717) is 6.10 Å². The third-order valence-corrected chi connectivity index (χ3v) is 4.09. The molecule has 0 radical (unpaired) electrons. The minimum Gasteiger partial charge on any atom is -0.381 e. The van der Waals surface area contributed by atoms with Gasteiger partial charge in [-0.05, 0) is 49.9 Å². The van der Waals surface area contributed by atoms with Crippen molar-refractivity contribution in [2.24, 2.45) is 0 Å². The van der Waals surface area contributed by atoms with Gasteiger partial charge < -0.3 is 10.1 Å². The predicted octanol–water partition coefficient (Wildman–Crippen LogP) is 3.71. The highest BCUT2D eigenvalue weighted by atomic mass is 79.9. The Morgan fingerprint density at radius 1 is 1.33 bits per heavy atom. The van der Waals surface area contributed by atoms with E-state index in [1.807, 2.05) is 24.3 Å². The van der Waals surface area contributed by atoms with Crippen LogP contribution in [0.2, 0.25) is 0 Å². The van der Waals surface area contributed by atoms with Crippen molar-refractivity contribution in [3.05, 3.63) is 28.7 Å². The number of anilines is 1. The Morgan fingerprint density at radius 2 is 1.94 bits per heavy atom. The van der Waals surface area contributed by atoms with Crippen molar-refractivity contribution in [2.75, 3.05) is 12.4 Å². The third kappa shape index (κ3) is 3.04. The van der Waals surface area contributed by atoms with Gasteiger partial charge in [-0.2, -0.15) is 5.26 Å². The summed E-state index contributed by atoms with van der Waals surface area (Å²) in [5.41, 5.74) is 0.554. The Hall–Kier alpha value is -1.05. The first-order chi connectivity index (χ1) is 8.67. The molecule has 0 bridgehead atoms. The summed E-state index contributed by atoms with van der Waals surface area (Å²) in [7, 11) is 1.74. The van der Waals surface area contributed by atoms with Crippen LogP contribution in [0.5, 0.6) is 0 Å². The predicted molar refractivity (Wildman–Crippen MR) is 75.4 cm³/mol. The zero-order valence-electron chi connectivity index (χ0n) is 10.4. The van der Waals surface area contributed by atoms with Crippen molar-refractivity contribution in [3.63, 3.8) is 0 Å². The summed E-state index contributed by atoms with van der Waals surface area (Å²) in [6.07, 6.45) is 3.84. The van der Waals surface area contributed by atoms with Crippen molar-refractivity contribution >= 4 is 21.6 Å². The van der Waals surface area contributed by atoms with Crippen LogP contribution in [0.15, 0.2) is 28.7 Å². The fourth-order valence-corrected chi connectivity index (χ4v) is 2.66. The first-order valence-electron chi connectivity index (χ1n) is 6.15. The normalized spacial score (nSPS) is 27.5. The Labute approximate surface area is 116 Å². The molecule has 4 heteroatoms. The van der Waals surface area contributed by atoms with Crippen molar-refractivity contribution in [1.29, 1.82) is 5.26 Å². The van der Waals surface area contributed by atoms with E-state index in [4.69, 9.17) is 4.74 Å². The van der Waals surface area contributed by atoms with Gasteiger partial charge >= 0.3 is 0 Å². The van der Waals surface area contributed by atoms with Gasteiger partial charge in [-0.3, -0.25) is 0 Å². The summed E-state index contributed by atoms with van der Waals surface area (Å²) < 4.78 is 6.40. The molecule has 2 rings (SSSR count). The van der Waals surface area contributed by atoms with E-state index >= 15 is 0 Å². The third-order valence-electron chi connectivity index (χ3n) is 3.56. The van der Waals surface area contributed by atoms with Crippen LogP contribution in [0.25, 0.3) is 0 Å². The van der Waals surface area contributed by atoms with E-state index < -0.39 is 5.54 Å². The number of benzene rings is 1. The molecule has 0 heterocycles. The molecule has 1 N–H and O–H groups in total. The van der Waals surface area contributed by atoms with Crippen LogP contribution in [0.1, 0.15) is 25.7 Å². The van der Waals surface area contributed by atoms with Crippen LogP contribution in [-0.2, 0) is 4.74 Å². The maximum Gasteiger partial charge on any atom is 0.125 e. The summed E-state index contributed by atoms with van der Waals surface area (Å²) in [6.45, 7) is 0. The topological polar surface area (TPSA) is 45.0 Å². The standard InChI is InChI=1S/C14H17BrN2O/c1-18-13-6-8-14(10-16,9-7-13)17-12-4-2-11(15)3-5-12/h2-5,13,17H,6-9H2,1H3. The van der Waals surface area contributed by atoms with E-state index in [0.717, 1.165) is 35.8 Å². The molecule has 1 saturated carbocycles. The molecule has 0 unspecified atom stereocenters. The molecule has 1 aliphatic rings. The SMILES string of the molecule is COC1CCC(C#N)(Nc2ccc(Br)cc2)CC1. The van der Waals surface area contributed by atoms with Crippen LogP contribution in [0.3, 0.4) is 0 Å². The first kappa shape index (κ1) is 13.4. The minimum absolute atomic E-state index is 0.304. The zero-order chi connectivity index (χ0) is 13.0. The van der Waals surface area contributed by atoms with Crippen LogP contribution in [-0.4, -0.2) is 18.8 Å². The summed E-state index contributed by atoms with van der Waals surface area (Å²) in [4.78, 5) is 0. The molecular formula is C14H17BrN2O. The van der Waals surface area contributed by atoms with Gasteiger partial charge in [0.25, 0.3) is 0 Å².